The minimum Gasteiger partial charge on any atom is -0.466 e. The lowest BCUT2D eigenvalue weighted by molar-refractivity contribution is -0.136. The number of carbonyl (C=O) groups excluding carboxylic acids is 1. The van der Waals surface area contributed by atoms with Crippen molar-refractivity contribution in [3.63, 3.8) is 0 Å². The van der Waals surface area contributed by atoms with Gasteiger partial charge in [-0.25, -0.2) is 26.9 Å². The van der Waals surface area contributed by atoms with E-state index in [0.717, 1.165) is 0 Å². The van der Waals surface area contributed by atoms with Crippen LogP contribution in [0.5, 0.6) is 0 Å². The number of sulfonamides is 1. The van der Waals surface area contributed by atoms with Crippen LogP contribution in [0.1, 0.15) is 29.5 Å². The Bertz CT molecular complexity index is 1220. The fourth-order valence-electron chi connectivity index (χ4n) is 4.10. The summed E-state index contributed by atoms with van der Waals surface area (Å²) in [7, 11) is -2.05. The van der Waals surface area contributed by atoms with Gasteiger partial charge in [-0.15, -0.1) is 11.3 Å². The number of esters is 1. The molecule has 0 spiro atoms. The van der Waals surface area contributed by atoms with E-state index in [1.54, 1.807) is 17.6 Å². The van der Waals surface area contributed by atoms with Crippen molar-refractivity contribution >= 4 is 44.8 Å². The van der Waals surface area contributed by atoms with E-state index < -0.39 is 27.9 Å². The van der Waals surface area contributed by atoms with Crippen LogP contribution in [0.25, 0.3) is 0 Å². The molecule has 33 heavy (non-hydrogen) atoms. The van der Waals surface area contributed by atoms with E-state index in [1.165, 1.54) is 41.1 Å². The number of thiazole rings is 1. The van der Waals surface area contributed by atoms with Crippen LogP contribution in [0, 0.1) is 11.7 Å². The molecule has 12 heteroatoms. The molecule has 0 amide bonds. The van der Waals surface area contributed by atoms with Crippen LogP contribution >= 0.6 is 22.9 Å². The molecule has 0 bridgehead atoms. The molecule has 1 aromatic carbocycles. The first-order chi connectivity index (χ1) is 15.7. The summed E-state index contributed by atoms with van der Waals surface area (Å²) in [5, 5.41) is 5.84. The molecular weight excluding hydrogens is 491 g/mol. The summed E-state index contributed by atoms with van der Waals surface area (Å²) in [6.45, 7) is 0.625. The molecule has 0 radical (unpaired) electrons. The summed E-state index contributed by atoms with van der Waals surface area (Å²) in [5.74, 6) is -0.994. The summed E-state index contributed by atoms with van der Waals surface area (Å²) >= 11 is 7.29. The van der Waals surface area contributed by atoms with E-state index in [9.17, 15) is 17.6 Å². The number of amidine groups is 1. The number of halogens is 2. The van der Waals surface area contributed by atoms with Gasteiger partial charge in [0.2, 0.25) is 10.0 Å². The molecule has 1 N–H and O–H groups in total. The summed E-state index contributed by atoms with van der Waals surface area (Å²) in [6.07, 6.45) is 3.78. The van der Waals surface area contributed by atoms with Gasteiger partial charge in [0, 0.05) is 46.9 Å². The van der Waals surface area contributed by atoms with Gasteiger partial charge in [-0.2, -0.15) is 0 Å². The van der Waals surface area contributed by atoms with Gasteiger partial charge >= 0.3 is 5.97 Å². The highest BCUT2D eigenvalue weighted by atomic mass is 35.5. The number of allylic oxidation sites excluding steroid dienone is 1. The molecule has 176 valence electrons. The number of hydrogen-bond acceptors (Lipinski definition) is 8. The van der Waals surface area contributed by atoms with Gasteiger partial charge in [0.15, 0.2) is 10.8 Å². The van der Waals surface area contributed by atoms with Gasteiger partial charge < -0.3 is 10.1 Å². The number of carbonyl (C=O) groups is 1. The highest BCUT2D eigenvalue weighted by Gasteiger charge is 2.38. The zero-order chi connectivity index (χ0) is 23.8. The van der Waals surface area contributed by atoms with Crippen LogP contribution in [0.2, 0.25) is 5.02 Å². The molecule has 1 unspecified atom stereocenters. The Balaban J connectivity index is 1.81. The van der Waals surface area contributed by atoms with Gasteiger partial charge in [-0.3, -0.25) is 4.99 Å². The zero-order valence-electron chi connectivity index (χ0n) is 17.9. The second-order valence-electron chi connectivity index (χ2n) is 7.76. The van der Waals surface area contributed by atoms with Crippen LogP contribution in [-0.4, -0.2) is 56.0 Å². The van der Waals surface area contributed by atoms with E-state index in [4.69, 9.17) is 16.3 Å². The SMILES string of the molecule is COC(=O)C1=C(C2CCN(S(C)(=O)=O)CC2)NC(c2nccs2)=NC1c1ccc(Cl)cc1F. The number of hydrogen-bond donors (Lipinski definition) is 1. The first kappa shape index (κ1) is 23.8. The first-order valence-electron chi connectivity index (χ1n) is 10.2. The number of benzene rings is 1. The smallest absolute Gasteiger partial charge is 0.338 e. The van der Waals surface area contributed by atoms with Crippen molar-refractivity contribution in [1.29, 1.82) is 0 Å². The predicted octanol–water partition coefficient (Wildman–Crippen LogP) is 3.13. The van der Waals surface area contributed by atoms with Crippen LogP contribution in [0.4, 0.5) is 4.39 Å². The normalized spacial score (nSPS) is 20.4. The lowest BCUT2D eigenvalue weighted by atomic mass is 9.86. The molecular formula is C21H22ClFN4O4S2. The Morgan fingerprint density at radius 1 is 1.33 bits per heavy atom. The van der Waals surface area contributed by atoms with Crippen molar-refractivity contribution in [3.05, 3.63) is 62.5 Å². The molecule has 0 aliphatic carbocycles. The lowest BCUT2D eigenvalue weighted by Crippen LogP contribution is -2.43. The minimum atomic E-state index is -3.31. The van der Waals surface area contributed by atoms with Crippen LogP contribution < -0.4 is 5.32 Å². The molecule has 1 saturated heterocycles. The average molecular weight is 513 g/mol. The fraction of sp³-hybridized carbons (Fsp3) is 0.381. The Labute approximate surface area is 200 Å². The Morgan fingerprint density at radius 2 is 2.06 bits per heavy atom. The van der Waals surface area contributed by atoms with E-state index in [1.807, 2.05) is 0 Å². The van der Waals surface area contributed by atoms with Crippen molar-refractivity contribution in [2.45, 2.75) is 18.9 Å². The summed E-state index contributed by atoms with van der Waals surface area (Å²) in [6, 6.07) is 3.25. The highest BCUT2D eigenvalue weighted by molar-refractivity contribution is 7.88. The molecule has 8 nitrogen and oxygen atoms in total. The Hall–Kier alpha value is -2.34. The van der Waals surface area contributed by atoms with Gasteiger partial charge in [0.05, 0.1) is 18.9 Å². The standard InChI is InChI=1S/C21H22ClFN4O4S2/c1-31-21(28)16-17(12-5-8-27(9-6-12)33(2,29)30)25-19(20-24-7-10-32-20)26-18(16)14-4-3-13(22)11-15(14)23/h3-4,7,10-12,18H,5-6,8-9H2,1-2H3,(H,25,26). The van der Waals surface area contributed by atoms with Gasteiger partial charge in [-0.05, 0) is 25.0 Å². The molecule has 1 atom stereocenters. The minimum absolute atomic E-state index is 0.180. The van der Waals surface area contributed by atoms with Crippen molar-refractivity contribution in [2.75, 3.05) is 26.5 Å². The summed E-state index contributed by atoms with van der Waals surface area (Å²) in [5.41, 5.74) is 0.924. The van der Waals surface area contributed by atoms with Crippen molar-refractivity contribution in [2.24, 2.45) is 10.9 Å². The molecule has 0 saturated carbocycles. The maximum Gasteiger partial charge on any atom is 0.338 e. The molecule has 3 heterocycles. The molecule has 4 rings (SSSR count). The van der Waals surface area contributed by atoms with E-state index in [-0.39, 0.29) is 22.1 Å². The molecule has 2 aromatic rings. The molecule has 2 aliphatic rings. The van der Waals surface area contributed by atoms with Crippen molar-refractivity contribution in [1.82, 2.24) is 14.6 Å². The second-order valence-corrected chi connectivity index (χ2v) is 11.1. The van der Waals surface area contributed by atoms with Crippen LogP contribution in [-0.2, 0) is 19.6 Å². The Kier molecular flexibility index (Phi) is 6.85. The number of nitrogens with one attached hydrogen (secondary N) is 1. The van der Waals surface area contributed by atoms with Gasteiger partial charge in [0.1, 0.15) is 11.9 Å². The summed E-state index contributed by atoms with van der Waals surface area (Å²) < 4.78 is 45.3. The maximum absolute atomic E-state index is 15.0. The highest BCUT2D eigenvalue weighted by Crippen LogP contribution is 2.39. The predicted molar refractivity (Wildman–Crippen MR) is 124 cm³/mol. The third-order valence-electron chi connectivity index (χ3n) is 5.70. The van der Waals surface area contributed by atoms with Crippen LogP contribution in [0.15, 0.2) is 46.0 Å². The second kappa shape index (κ2) is 9.49. The maximum atomic E-state index is 15.0. The third-order valence-corrected chi connectivity index (χ3v) is 8.02. The molecule has 1 fully saturated rings. The largest absolute Gasteiger partial charge is 0.466 e. The molecule has 1 aromatic heterocycles. The number of methoxy groups -OCH3 is 1. The van der Waals surface area contributed by atoms with E-state index >= 15 is 0 Å². The number of nitrogens with zero attached hydrogens (tertiary/aromatic N) is 3. The number of ether oxygens (including phenoxy) is 1. The van der Waals surface area contributed by atoms with E-state index in [0.29, 0.717) is 42.5 Å². The number of aromatic nitrogens is 1. The number of aliphatic imine (C=N–C) groups is 1. The van der Waals surface area contributed by atoms with Crippen molar-refractivity contribution in [3.8, 4) is 0 Å². The van der Waals surface area contributed by atoms with E-state index in [2.05, 4.69) is 15.3 Å². The monoisotopic (exact) mass is 512 g/mol. The topological polar surface area (TPSA) is 101 Å². The van der Waals surface area contributed by atoms with Gasteiger partial charge in [0.25, 0.3) is 0 Å². The van der Waals surface area contributed by atoms with Crippen molar-refractivity contribution < 1.29 is 22.3 Å². The Morgan fingerprint density at radius 3 is 2.64 bits per heavy atom. The molecule has 2 aliphatic heterocycles. The lowest BCUT2D eigenvalue weighted by Gasteiger charge is -2.35. The zero-order valence-corrected chi connectivity index (χ0v) is 20.3. The first-order valence-corrected chi connectivity index (χ1v) is 13.3. The number of piperidine rings is 1. The quantitative estimate of drug-likeness (QED) is 0.618. The summed E-state index contributed by atoms with van der Waals surface area (Å²) in [4.78, 5) is 21.9. The van der Waals surface area contributed by atoms with Gasteiger partial charge in [-0.1, -0.05) is 17.7 Å². The third kappa shape index (κ3) is 4.96. The number of rotatable bonds is 5. The fourth-order valence-corrected chi connectivity index (χ4v) is 5.72. The average Bonchev–Trinajstić information content (AvgIpc) is 3.32. The van der Waals surface area contributed by atoms with Crippen LogP contribution in [0.3, 0.4) is 0 Å².